The average Bonchev–Trinajstić information content (AvgIpc) is 2.30. The number of hydrogen-bond acceptors (Lipinski definition) is 6. The molecule has 2 rings (SSSR count). The predicted molar refractivity (Wildman–Crippen MR) is 59.3 cm³/mol. The van der Waals surface area contributed by atoms with Crippen LogP contribution < -0.4 is 5.73 Å². The van der Waals surface area contributed by atoms with E-state index in [4.69, 9.17) is 5.73 Å². The quantitative estimate of drug-likeness (QED) is 0.818. The molecule has 0 radical (unpaired) electrons. The van der Waals surface area contributed by atoms with Crippen molar-refractivity contribution in [2.45, 2.75) is 19.8 Å². The summed E-state index contributed by atoms with van der Waals surface area (Å²) in [5, 5.41) is 0. The van der Waals surface area contributed by atoms with Crippen LogP contribution >= 0.6 is 0 Å². The molecule has 16 heavy (non-hydrogen) atoms. The third-order valence-electron chi connectivity index (χ3n) is 1.98. The van der Waals surface area contributed by atoms with Gasteiger partial charge in [-0.1, -0.05) is 6.92 Å². The molecule has 0 aliphatic rings. The van der Waals surface area contributed by atoms with Crippen molar-refractivity contribution in [3.05, 3.63) is 24.4 Å². The van der Waals surface area contributed by atoms with Crippen LogP contribution in [0.3, 0.4) is 0 Å². The summed E-state index contributed by atoms with van der Waals surface area (Å²) in [6.07, 6.45) is 4.84. The van der Waals surface area contributed by atoms with E-state index in [9.17, 15) is 0 Å². The number of hydrogen-bond donors (Lipinski definition) is 1. The summed E-state index contributed by atoms with van der Waals surface area (Å²) in [5.41, 5.74) is 6.28. The highest BCUT2D eigenvalue weighted by Gasteiger charge is 2.06. The van der Waals surface area contributed by atoms with Gasteiger partial charge in [-0.25, -0.2) is 15.0 Å². The molecule has 0 aromatic carbocycles. The summed E-state index contributed by atoms with van der Waals surface area (Å²) in [6, 6.07) is 1.74. The smallest absolute Gasteiger partial charge is 0.223 e. The second-order valence-electron chi connectivity index (χ2n) is 3.28. The van der Waals surface area contributed by atoms with Crippen LogP contribution in [0.5, 0.6) is 0 Å². The Kier molecular flexibility index (Phi) is 3.00. The summed E-state index contributed by atoms with van der Waals surface area (Å²) >= 11 is 0. The summed E-state index contributed by atoms with van der Waals surface area (Å²) < 4.78 is 0. The van der Waals surface area contributed by atoms with Gasteiger partial charge >= 0.3 is 0 Å². The van der Waals surface area contributed by atoms with Gasteiger partial charge in [-0.3, -0.25) is 0 Å². The van der Waals surface area contributed by atoms with Crippen molar-refractivity contribution in [3.63, 3.8) is 0 Å². The minimum Gasteiger partial charge on any atom is -0.368 e. The van der Waals surface area contributed by atoms with Crippen LogP contribution in [0, 0.1) is 0 Å². The van der Waals surface area contributed by atoms with Crippen molar-refractivity contribution in [2.24, 2.45) is 0 Å². The zero-order valence-electron chi connectivity index (χ0n) is 8.96. The molecular formula is C10H12N6. The minimum atomic E-state index is 0.229. The van der Waals surface area contributed by atoms with E-state index < -0.39 is 0 Å². The monoisotopic (exact) mass is 216 g/mol. The Bertz CT molecular complexity index is 470. The van der Waals surface area contributed by atoms with Crippen LogP contribution in [-0.4, -0.2) is 24.9 Å². The third kappa shape index (κ3) is 2.28. The maximum Gasteiger partial charge on any atom is 0.223 e. The first kappa shape index (κ1) is 10.4. The molecule has 6 nitrogen and oxygen atoms in total. The van der Waals surface area contributed by atoms with E-state index >= 15 is 0 Å². The van der Waals surface area contributed by atoms with Gasteiger partial charge in [0.25, 0.3) is 0 Å². The van der Waals surface area contributed by atoms with Gasteiger partial charge in [0.1, 0.15) is 17.8 Å². The second kappa shape index (κ2) is 4.61. The van der Waals surface area contributed by atoms with Gasteiger partial charge in [-0.15, -0.1) is 0 Å². The number of anilines is 1. The number of nitrogens with zero attached hydrogens (tertiary/aromatic N) is 5. The Morgan fingerprint density at radius 2 is 2.12 bits per heavy atom. The fourth-order valence-electron chi connectivity index (χ4n) is 1.31. The molecule has 0 amide bonds. The molecule has 0 atom stereocenters. The Labute approximate surface area is 93.0 Å². The van der Waals surface area contributed by atoms with E-state index in [0.717, 1.165) is 12.8 Å². The van der Waals surface area contributed by atoms with Gasteiger partial charge in [-0.2, -0.15) is 9.97 Å². The molecule has 82 valence electrons. The highest BCUT2D eigenvalue weighted by molar-refractivity contribution is 5.48. The van der Waals surface area contributed by atoms with Crippen molar-refractivity contribution in [1.82, 2.24) is 24.9 Å². The number of nitrogens with two attached hydrogens (primary N) is 1. The van der Waals surface area contributed by atoms with Crippen molar-refractivity contribution >= 4 is 5.95 Å². The second-order valence-corrected chi connectivity index (χ2v) is 3.28. The van der Waals surface area contributed by atoms with Gasteiger partial charge in [-0.05, 0) is 12.5 Å². The first-order valence-corrected chi connectivity index (χ1v) is 5.06. The van der Waals surface area contributed by atoms with E-state index in [1.54, 1.807) is 12.3 Å². The fraction of sp³-hybridized carbons (Fsp3) is 0.300. The number of nitrogen functional groups attached to an aromatic ring is 1. The van der Waals surface area contributed by atoms with E-state index in [0.29, 0.717) is 17.3 Å². The van der Waals surface area contributed by atoms with E-state index in [1.807, 2.05) is 0 Å². The highest BCUT2D eigenvalue weighted by atomic mass is 15.1. The van der Waals surface area contributed by atoms with Crippen LogP contribution in [0.4, 0.5) is 5.95 Å². The lowest BCUT2D eigenvalue weighted by atomic mass is 10.3. The lowest BCUT2D eigenvalue weighted by Crippen LogP contribution is -2.05. The Morgan fingerprint density at radius 1 is 1.25 bits per heavy atom. The van der Waals surface area contributed by atoms with Crippen LogP contribution in [0.25, 0.3) is 11.5 Å². The van der Waals surface area contributed by atoms with Gasteiger partial charge in [0.15, 0.2) is 5.82 Å². The van der Waals surface area contributed by atoms with Crippen molar-refractivity contribution in [1.29, 1.82) is 0 Å². The zero-order chi connectivity index (χ0) is 11.4. The van der Waals surface area contributed by atoms with Crippen LogP contribution in [0.15, 0.2) is 18.6 Å². The number of aromatic nitrogens is 5. The standard InChI is InChI=1S/C10H12N6/c1-2-3-8-14-9(16-10(11)15-8)7-4-5-12-6-13-7/h4-6H,2-3H2,1H3,(H2,11,14,15,16). The average molecular weight is 216 g/mol. The largest absolute Gasteiger partial charge is 0.368 e. The van der Waals surface area contributed by atoms with E-state index in [-0.39, 0.29) is 5.95 Å². The molecule has 0 saturated heterocycles. The Morgan fingerprint density at radius 3 is 2.81 bits per heavy atom. The summed E-state index contributed by atoms with van der Waals surface area (Å²) in [4.78, 5) is 20.3. The minimum absolute atomic E-state index is 0.229. The van der Waals surface area contributed by atoms with Gasteiger partial charge in [0.05, 0.1) is 0 Å². The maximum atomic E-state index is 5.62. The molecule has 2 aromatic rings. The molecule has 6 heteroatoms. The van der Waals surface area contributed by atoms with E-state index in [2.05, 4.69) is 31.8 Å². The van der Waals surface area contributed by atoms with Gasteiger partial charge in [0, 0.05) is 12.6 Å². The third-order valence-corrected chi connectivity index (χ3v) is 1.98. The SMILES string of the molecule is CCCc1nc(N)nc(-c2ccncn2)n1. The number of rotatable bonds is 3. The molecular weight excluding hydrogens is 204 g/mol. The van der Waals surface area contributed by atoms with Crippen molar-refractivity contribution in [3.8, 4) is 11.5 Å². The molecule has 0 fully saturated rings. The molecule has 2 N–H and O–H groups in total. The predicted octanol–water partition coefficient (Wildman–Crippen LogP) is 0.863. The summed E-state index contributed by atoms with van der Waals surface area (Å²) in [5.74, 6) is 1.43. The topological polar surface area (TPSA) is 90.5 Å². The lowest BCUT2D eigenvalue weighted by Gasteiger charge is -2.02. The number of aryl methyl sites for hydroxylation is 1. The Balaban J connectivity index is 2.41. The Hall–Kier alpha value is -2.11. The molecule has 0 unspecified atom stereocenters. The first-order valence-electron chi connectivity index (χ1n) is 5.06. The normalized spacial score (nSPS) is 10.3. The van der Waals surface area contributed by atoms with Crippen LogP contribution in [-0.2, 0) is 6.42 Å². The fourth-order valence-corrected chi connectivity index (χ4v) is 1.31. The first-order chi connectivity index (χ1) is 7.79. The molecule has 0 bridgehead atoms. The highest BCUT2D eigenvalue weighted by Crippen LogP contribution is 2.11. The summed E-state index contributed by atoms with van der Waals surface area (Å²) in [7, 11) is 0. The maximum absolute atomic E-state index is 5.62. The summed E-state index contributed by atoms with van der Waals surface area (Å²) in [6.45, 7) is 2.06. The van der Waals surface area contributed by atoms with E-state index in [1.165, 1.54) is 6.33 Å². The molecule has 0 aliphatic carbocycles. The molecule has 2 aromatic heterocycles. The van der Waals surface area contributed by atoms with Gasteiger partial charge in [0.2, 0.25) is 5.95 Å². The van der Waals surface area contributed by atoms with Crippen molar-refractivity contribution in [2.75, 3.05) is 5.73 Å². The zero-order valence-corrected chi connectivity index (χ0v) is 8.96. The molecule has 2 heterocycles. The lowest BCUT2D eigenvalue weighted by molar-refractivity contribution is 0.823. The van der Waals surface area contributed by atoms with Crippen LogP contribution in [0.2, 0.25) is 0 Å². The van der Waals surface area contributed by atoms with Crippen molar-refractivity contribution < 1.29 is 0 Å². The van der Waals surface area contributed by atoms with Crippen LogP contribution in [0.1, 0.15) is 19.2 Å². The molecule has 0 spiro atoms. The molecule has 0 saturated carbocycles. The molecule has 0 aliphatic heterocycles. The van der Waals surface area contributed by atoms with Gasteiger partial charge < -0.3 is 5.73 Å².